The van der Waals surface area contributed by atoms with Crippen molar-refractivity contribution < 1.29 is 9.59 Å². The van der Waals surface area contributed by atoms with Crippen LogP contribution in [-0.4, -0.2) is 61.9 Å². The molecular weight excluding hydrogens is 298 g/mol. The smallest absolute Gasteiger partial charge is 0.236 e. The molecule has 0 unspecified atom stereocenters. The summed E-state index contributed by atoms with van der Waals surface area (Å²) in [6, 6.07) is 2.01. The molecule has 1 aromatic heterocycles. The predicted octanol–water partition coefficient (Wildman–Crippen LogP) is 1.66. The van der Waals surface area contributed by atoms with E-state index in [1.165, 1.54) is 0 Å². The van der Waals surface area contributed by atoms with Crippen molar-refractivity contribution in [2.75, 3.05) is 45.2 Å². The first kappa shape index (κ1) is 15.5. The number of carbonyl (C=O) groups excluding carboxylic acids is 2. The lowest BCUT2D eigenvalue weighted by atomic mass is 9.78. The van der Waals surface area contributed by atoms with Gasteiger partial charge in [-0.25, -0.2) is 0 Å². The van der Waals surface area contributed by atoms with Gasteiger partial charge in [-0.05, 0) is 37.3 Å². The molecule has 3 heterocycles. The van der Waals surface area contributed by atoms with Crippen LogP contribution in [0.1, 0.15) is 19.3 Å². The Hall–Kier alpha value is -1.40. The lowest BCUT2D eigenvalue weighted by Crippen LogP contribution is -2.50. The number of hydrogen-bond acceptors (Lipinski definition) is 4. The first-order chi connectivity index (χ1) is 10.5. The largest absolute Gasteiger partial charge is 0.348 e. The van der Waals surface area contributed by atoms with E-state index < -0.39 is 0 Å². The number of carbonyl (C=O) groups is 2. The lowest BCUT2D eigenvalue weighted by molar-refractivity contribution is -0.134. The molecule has 1 atom stereocenters. The van der Waals surface area contributed by atoms with Crippen molar-refractivity contribution in [2.24, 2.45) is 5.41 Å². The fourth-order valence-electron chi connectivity index (χ4n) is 3.55. The Kier molecular flexibility index (Phi) is 4.23. The first-order valence-corrected chi connectivity index (χ1v) is 8.73. The molecule has 3 rings (SSSR count). The Bertz CT molecular complexity index is 558. The summed E-state index contributed by atoms with van der Waals surface area (Å²) >= 11 is 1.62. The Balaban J connectivity index is 1.71. The molecule has 0 N–H and O–H groups in total. The van der Waals surface area contributed by atoms with E-state index in [2.05, 4.69) is 4.90 Å². The molecule has 0 bridgehead atoms. The summed E-state index contributed by atoms with van der Waals surface area (Å²) in [5, 5.41) is 4.05. The zero-order valence-electron chi connectivity index (χ0n) is 13.2. The average Bonchev–Trinajstić information content (AvgIpc) is 3.10. The van der Waals surface area contributed by atoms with Crippen molar-refractivity contribution in [1.82, 2.24) is 9.80 Å². The fraction of sp³-hybridized carbons (Fsp3) is 0.625. The zero-order valence-corrected chi connectivity index (χ0v) is 14.1. The van der Waals surface area contributed by atoms with Gasteiger partial charge in [0, 0.05) is 32.6 Å². The van der Waals surface area contributed by atoms with Gasteiger partial charge in [0.25, 0.3) is 0 Å². The number of likely N-dealkylation sites (N-methyl/N-ethyl adjacent to an activating group) is 1. The highest BCUT2D eigenvalue weighted by atomic mass is 32.1. The van der Waals surface area contributed by atoms with Crippen LogP contribution < -0.4 is 4.90 Å². The Morgan fingerprint density at radius 1 is 1.36 bits per heavy atom. The third kappa shape index (κ3) is 2.77. The minimum absolute atomic E-state index is 0.109. The van der Waals surface area contributed by atoms with Gasteiger partial charge in [-0.15, -0.1) is 0 Å². The van der Waals surface area contributed by atoms with Crippen LogP contribution in [-0.2, 0) is 9.59 Å². The molecule has 0 radical (unpaired) electrons. The van der Waals surface area contributed by atoms with Crippen LogP contribution in [0, 0.1) is 5.41 Å². The van der Waals surface area contributed by atoms with Gasteiger partial charge in [0.1, 0.15) is 0 Å². The summed E-state index contributed by atoms with van der Waals surface area (Å²) in [6.07, 6.45) is 2.83. The van der Waals surface area contributed by atoms with Crippen molar-refractivity contribution in [1.29, 1.82) is 0 Å². The van der Waals surface area contributed by atoms with Crippen molar-refractivity contribution in [3.05, 3.63) is 16.8 Å². The SMILES string of the molecule is CN(C)C(=O)CN1CCC[C@@]2(CCN(c3ccsc3)C2=O)C1. The van der Waals surface area contributed by atoms with Crippen molar-refractivity contribution >= 4 is 28.8 Å². The molecule has 0 saturated carbocycles. The molecule has 0 aliphatic carbocycles. The van der Waals surface area contributed by atoms with Gasteiger partial charge in [-0.2, -0.15) is 11.3 Å². The fourth-order valence-corrected chi connectivity index (χ4v) is 4.19. The summed E-state index contributed by atoms with van der Waals surface area (Å²) in [5.41, 5.74) is 0.737. The monoisotopic (exact) mass is 321 g/mol. The van der Waals surface area contributed by atoms with E-state index in [0.29, 0.717) is 13.1 Å². The number of rotatable bonds is 3. The Morgan fingerprint density at radius 2 is 2.18 bits per heavy atom. The second-order valence-electron chi connectivity index (χ2n) is 6.57. The van der Waals surface area contributed by atoms with Crippen molar-refractivity contribution in [2.45, 2.75) is 19.3 Å². The minimum Gasteiger partial charge on any atom is -0.348 e. The van der Waals surface area contributed by atoms with Crippen molar-refractivity contribution in [3.63, 3.8) is 0 Å². The molecule has 6 heteroatoms. The molecule has 1 aromatic rings. The molecule has 5 nitrogen and oxygen atoms in total. The molecule has 0 aromatic carbocycles. The van der Waals surface area contributed by atoms with Crippen LogP contribution >= 0.6 is 11.3 Å². The molecule has 120 valence electrons. The summed E-state index contributed by atoms with van der Waals surface area (Å²) < 4.78 is 0. The Morgan fingerprint density at radius 3 is 2.86 bits per heavy atom. The van der Waals surface area contributed by atoms with E-state index in [0.717, 1.165) is 38.0 Å². The van der Waals surface area contributed by atoms with Crippen LogP contribution in [0.5, 0.6) is 0 Å². The Labute approximate surface area is 135 Å². The van der Waals surface area contributed by atoms with E-state index in [4.69, 9.17) is 0 Å². The molecule has 1 spiro atoms. The van der Waals surface area contributed by atoms with Gasteiger partial charge in [0.05, 0.1) is 17.6 Å². The molecular formula is C16H23N3O2S. The number of likely N-dealkylation sites (tertiary alicyclic amines) is 1. The molecule has 22 heavy (non-hydrogen) atoms. The highest BCUT2D eigenvalue weighted by Gasteiger charge is 2.49. The topological polar surface area (TPSA) is 43.9 Å². The molecule has 2 aliphatic rings. The minimum atomic E-state index is -0.285. The standard InChI is InChI=1S/C16H23N3O2S/c1-17(2)14(20)10-18-7-3-5-16(12-18)6-8-19(15(16)21)13-4-9-22-11-13/h4,9,11H,3,5-8,10,12H2,1-2H3/t16-/m1/s1. The lowest BCUT2D eigenvalue weighted by Gasteiger charge is -2.38. The summed E-state index contributed by atoms with van der Waals surface area (Å²) in [7, 11) is 3.56. The van der Waals surface area contributed by atoms with Gasteiger partial charge < -0.3 is 9.80 Å². The second-order valence-corrected chi connectivity index (χ2v) is 7.35. The maximum Gasteiger partial charge on any atom is 0.236 e. The van der Waals surface area contributed by atoms with E-state index in [1.807, 2.05) is 21.7 Å². The number of nitrogens with zero attached hydrogens (tertiary/aromatic N) is 3. The van der Waals surface area contributed by atoms with Crippen LogP contribution in [0.3, 0.4) is 0 Å². The highest BCUT2D eigenvalue weighted by Crippen LogP contribution is 2.42. The van der Waals surface area contributed by atoms with Crippen LogP contribution in [0.15, 0.2) is 16.8 Å². The number of anilines is 1. The van der Waals surface area contributed by atoms with Crippen LogP contribution in [0.2, 0.25) is 0 Å². The number of hydrogen-bond donors (Lipinski definition) is 0. The summed E-state index contributed by atoms with van der Waals surface area (Å²) in [6.45, 7) is 2.84. The summed E-state index contributed by atoms with van der Waals surface area (Å²) in [4.78, 5) is 30.6. The number of thiophene rings is 1. The first-order valence-electron chi connectivity index (χ1n) is 7.78. The number of amides is 2. The van der Waals surface area contributed by atoms with E-state index in [-0.39, 0.29) is 17.2 Å². The second kappa shape index (κ2) is 6.01. The van der Waals surface area contributed by atoms with Gasteiger partial charge in [-0.1, -0.05) is 0 Å². The predicted molar refractivity (Wildman–Crippen MR) is 88.1 cm³/mol. The van der Waals surface area contributed by atoms with Gasteiger partial charge >= 0.3 is 0 Å². The maximum absolute atomic E-state index is 13.0. The van der Waals surface area contributed by atoms with Gasteiger partial charge in [-0.3, -0.25) is 14.5 Å². The number of piperidine rings is 1. The van der Waals surface area contributed by atoms with E-state index in [1.54, 1.807) is 30.3 Å². The van der Waals surface area contributed by atoms with Gasteiger partial charge in [0.15, 0.2) is 0 Å². The van der Waals surface area contributed by atoms with E-state index in [9.17, 15) is 9.59 Å². The van der Waals surface area contributed by atoms with Crippen molar-refractivity contribution in [3.8, 4) is 0 Å². The molecule has 2 amide bonds. The van der Waals surface area contributed by atoms with E-state index >= 15 is 0 Å². The zero-order chi connectivity index (χ0) is 15.7. The average molecular weight is 321 g/mol. The van der Waals surface area contributed by atoms with Crippen LogP contribution in [0.25, 0.3) is 0 Å². The molecule has 2 saturated heterocycles. The summed E-state index contributed by atoms with van der Waals surface area (Å²) in [5.74, 6) is 0.352. The normalized spacial score (nSPS) is 25.9. The van der Waals surface area contributed by atoms with Gasteiger partial charge in [0.2, 0.25) is 11.8 Å². The van der Waals surface area contributed by atoms with Crippen LogP contribution in [0.4, 0.5) is 5.69 Å². The maximum atomic E-state index is 13.0. The quantitative estimate of drug-likeness (QED) is 0.850. The highest BCUT2D eigenvalue weighted by molar-refractivity contribution is 7.08. The molecule has 2 aliphatic heterocycles. The third-order valence-electron chi connectivity index (χ3n) is 4.84. The molecule has 2 fully saturated rings. The third-order valence-corrected chi connectivity index (χ3v) is 5.52.